The lowest BCUT2D eigenvalue weighted by molar-refractivity contribution is 0.00349. The summed E-state index contributed by atoms with van der Waals surface area (Å²) < 4.78 is 5.94. The molecule has 2 aliphatic rings. The highest BCUT2D eigenvalue weighted by Crippen LogP contribution is 2.36. The fraction of sp³-hybridized carbons (Fsp3) is 0.706. The molecule has 0 aromatic carbocycles. The van der Waals surface area contributed by atoms with Gasteiger partial charge in [0.05, 0.1) is 6.10 Å². The predicted octanol–water partition coefficient (Wildman–Crippen LogP) is 3.05. The summed E-state index contributed by atoms with van der Waals surface area (Å²) in [5.74, 6) is 0.566. The molecule has 1 aromatic heterocycles. The molecular formula is C17H26N2O. The van der Waals surface area contributed by atoms with E-state index in [1.165, 1.54) is 43.4 Å². The Bertz CT molecular complexity index is 429. The molecule has 0 radical (unpaired) electrons. The van der Waals surface area contributed by atoms with E-state index < -0.39 is 0 Å². The van der Waals surface area contributed by atoms with E-state index in [0.29, 0.717) is 18.1 Å². The Kier molecular flexibility index (Phi) is 4.69. The number of aromatic nitrogens is 1. The number of nitrogens with one attached hydrogen (secondary N) is 1. The SMILES string of the molecule is CCNC(CC1CCCCO1)C1CCc2cccnc21. The number of likely N-dealkylation sites (N-methyl/N-ethyl adjacent to an activating group) is 1. The fourth-order valence-electron chi connectivity index (χ4n) is 3.76. The number of ether oxygens (including phenoxy) is 1. The van der Waals surface area contributed by atoms with Crippen LogP contribution in [0.25, 0.3) is 0 Å². The molecule has 1 aliphatic heterocycles. The van der Waals surface area contributed by atoms with Crippen LogP contribution in [0.15, 0.2) is 18.3 Å². The minimum absolute atomic E-state index is 0.445. The maximum Gasteiger partial charge on any atom is 0.0590 e. The molecule has 1 fully saturated rings. The normalized spacial score (nSPS) is 27.2. The van der Waals surface area contributed by atoms with Gasteiger partial charge in [-0.2, -0.15) is 0 Å². The van der Waals surface area contributed by atoms with Crippen molar-refractivity contribution in [2.24, 2.45) is 0 Å². The fourth-order valence-corrected chi connectivity index (χ4v) is 3.76. The second kappa shape index (κ2) is 6.68. The lowest BCUT2D eigenvalue weighted by Gasteiger charge is -2.30. The highest BCUT2D eigenvalue weighted by molar-refractivity contribution is 5.30. The van der Waals surface area contributed by atoms with Crippen LogP contribution in [-0.2, 0) is 11.2 Å². The van der Waals surface area contributed by atoms with Crippen molar-refractivity contribution in [2.75, 3.05) is 13.2 Å². The van der Waals surface area contributed by atoms with Crippen LogP contribution in [0.2, 0.25) is 0 Å². The van der Waals surface area contributed by atoms with E-state index in [0.717, 1.165) is 19.6 Å². The molecule has 2 heterocycles. The van der Waals surface area contributed by atoms with Gasteiger partial charge in [0.2, 0.25) is 0 Å². The Balaban J connectivity index is 1.70. The summed E-state index contributed by atoms with van der Waals surface area (Å²) in [5.41, 5.74) is 2.78. The van der Waals surface area contributed by atoms with Crippen LogP contribution in [0.4, 0.5) is 0 Å². The second-order valence-corrected chi connectivity index (χ2v) is 6.08. The predicted molar refractivity (Wildman–Crippen MR) is 81.0 cm³/mol. The summed E-state index contributed by atoms with van der Waals surface area (Å²) in [4.78, 5) is 4.66. The zero-order valence-corrected chi connectivity index (χ0v) is 12.5. The first-order valence-electron chi connectivity index (χ1n) is 8.17. The van der Waals surface area contributed by atoms with E-state index in [4.69, 9.17) is 4.74 Å². The Labute approximate surface area is 122 Å². The standard InChI is InChI=1S/C17H26N2O/c1-2-18-16(12-14-7-3-4-11-20-14)15-9-8-13-6-5-10-19-17(13)15/h5-6,10,14-16,18H,2-4,7-9,11-12H2,1H3. The average molecular weight is 274 g/mol. The minimum Gasteiger partial charge on any atom is -0.378 e. The third-order valence-corrected chi connectivity index (χ3v) is 4.74. The molecule has 1 saturated heterocycles. The maximum atomic E-state index is 5.94. The van der Waals surface area contributed by atoms with Crippen molar-refractivity contribution in [2.45, 2.75) is 63.5 Å². The van der Waals surface area contributed by atoms with Crippen molar-refractivity contribution in [1.29, 1.82) is 0 Å². The van der Waals surface area contributed by atoms with Crippen molar-refractivity contribution < 1.29 is 4.74 Å². The highest BCUT2D eigenvalue weighted by atomic mass is 16.5. The Morgan fingerprint density at radius 2 is 2.35 bits per heavy atom. The number of nitrogens with zero attached hydrogens (tertiary/aromatic N) is 1. The first kappa shape index (κ1) is 14.0. The molecule has 20 heavy (non-hydrogen) atoms. The third kappa shape index (κ3) is 3.04. The number of pyridine rings is 1. The third-order valence-electron chi connectivity index (χ3n) is 4.74. The molecule has 0 bridgehead atoms. The van der Waals surface area contributed by atoms with E-state index in [2.05, 4.69) is 29.4 Å². The summed E-state index contributed by atoms with van der Waals surface area (Å²) in [6.07, 6.45) is 9.72. The molecule has 3 rings (SSSR count). The zero-order chi connectivity index (χ0) is 13.8. The molecule has 3 atom stereocenters. The van der Waals surface area contributed by atoms with Crippen LogP contribution in [0.5, 0.6) is 0 Å². The molecule has 3 unspecified atom stereocenters. The topological polar surface area (TPSA) is 34.1 Å². The summed E-state index contributed by atoms with van der Waals surface area (Å²) >= 11 is 0. The van der Waals surface area contributed by atoms with Gasteiger partial charge in [-0.25, -0.2) is 0 Å². The van der Waals surface area contributed by atoms with Crippen LogP contribution in [-0.4, -0.2) is 30.3 Å². The summed E-state index contributed by atoms with van der Waals surface area (Å²) in [6, 6.07) is 4.81. The number of hydrogen-bond donors (Lipinski definition) is 1. The van der Waals surface area contributed by atoms with Crippen LogP contribution >= 0.6 is 0 Å². The Hall–Kier alpha value is -0.930. The largest absolute Gasteiger partial charge is 0.378 e. The Morgan fingerprint density at radius 3 is 3.15 bits per heavy atom. The van der Waals surface area contributed by atoms with E-state index in [1.54, 1.807) is 0 Å². The molecule has 1 aromatic rings. The van der Waals surface area contributed by atoms with Gasteiger partial charge in [-0.05, 0) is 56.7 Å². The van der Waals surface area contributed by atoms with E-state index in [1.807, 2.05) is 6.20 Å². The monoisotopic (exact) mass is 274 g/mol. The maximum absolute atomic E-state index is 5.94. The van der Waals surface area contributed by atoms with Gasteiger partial charge in [-0.3, -0.25) is 4.98 Å². The lowest BCUT2D eigenvalue weighted by atomic mass is 9.90. The van der Waals surface area contributed by atoms with Gasteiger partial charge < -0.3 is 10.1 Å². The van der Waals surface area contributed by atoms with Gasteiger partial charge in [-0.1, -0.05) is 13.0 Å². The van der Waals surface area contributed by atoms with Gasteiger partial charge >= 0.3 is 0 Å². The van der Waals surface area contributed by atoms with Crippen LogP contribution < -0.4 is 5.32 Å². The second-order valence-electron chi connectivity index (χ2n) is 6.08. The van der Waals surface area contributed by atoms with Crippen LogP contribution in [0.3, 0.4) is 0 Å². The minimum atomic E-state index is 0.445. The van der Waals surface area contributed by atoms with E-state index in [-0.39, 0.29) is 0 Å². The van der Waals surface area contributed by atoms with E-state index >= 15 is 0 Å². The number of fused-ring (bicyclic) bond motifs is 1. The molecule has 1 aliphatic carbocycles. The molecule has 1 N–H and O–H groups in total. The Morgan fingerprint density at radius 1 is 1.40 bits per heavy atom. The quantitative estimate of drug-likeness (QED) is 0.896. The molecule has 0 saturated carbocycles. The average Bonchev–Trinajstić information content (AvgIpc) is 2.92. The summed E-state index contributed by atoms with van der Waals surface area (Å²) in [5, 5.41) is 3.69. The molecule has 0 spiro atoms. The van der Waals surface area contributed by atoms with Crippen LogP contribution in [0.1, 0.15) is 56.2 Å². The summed E-state index contributed by atoms with van der Waals surface area (Å²) in [7, 11) is 0. The first-order chi connectivity index (χ1) is 9.88. The lowest BCUT2D eigenvalue weighted by Crippen LogP contribution is -2.38. The van der Waals surface area contributed by atoms with Crippen molar-refractivity contribution in [3.63, 3.8) is 0 Å². The zero-order valence-electron chi connectivity index (χ0n) is 12.5. The molecule has 0 amide bonds. The summed E-state index contributed by atoms with van der Waals surface area (Å²) in [6.45, 7) is 4.17. The van der Waals surface area contributed by atoms with Crippen molar-refractivity contribution >= 4 is 0 Å². The molecule has 3 heteroatoms. The van der Waals surface area contributed by atoms with Crippen molar-refractivity contribution in [3.8, 4) is 0 Å². The molecule has 3 nitrogen and oxygen atoms in total. The number of hydrogen-bond acceptors (Lipinski definition) is 3. The first-order valence-corrected chi connectivity index (χ1v) is 8.17. The molecule has 110 valence electrons. The van der Waals surface area contributed by atoms with Gasteiger partial charge in [-0.15, -0.1) is 0 Å². The van der Waals surface area contributed by atoms with Gasteiger partial charge in [0.25, 0.3) is 0 Å². The number of aryl methyl sites for hydroxylation is 1. The molecular weight excluding hydrogens is 248 g/mol. The number of rotatable bonds is 5. The van der Waals surface area contributed by atoms with Gasteiger partial charge in [0, 0.05) is 30.5 Å². The highest BCUT2D eigenvalue weighted by Gasteiger charge is 2.32. The van der Waals surface area contributed by atoms with Crippen molar-refractivity contribution in [3.05, 3.63) is 29.6 Å². The van der Waals surface area contributed by atoms with Crippen LogP contribution in [0, 0.1) is 0 Å². The van der Waals surface area contributed by atoms with Gasteiger partial charge in [0.15, 0.2) is 0 Å². The van der Waals surface area contributed by atoms with E-state index in [9.17, 15) is 0 Å². The smallest absolute Gasteiger partial charge is 0.0590 e. The van der Waals surface area contributed by atoms with Gasteiger partial charge in [0.1, 0.15) is 0 Å². The van der Waals surface area contributed by atoms with Crippen molar-refractivity contribution in [1.82, 2.24) is 10.3 Å².